The summed E-state index contributed by atoms with van der Waals surface area (Å²) in [6, 6.07) is 6.27. The highest BCUT2D eigenvalue weighted by Gasteiger charge is 2.33. The van der Waals surface area contributed by atoms with Crippen LogP contribution < -0.4 is 5.32 Å². The van der Waals surface area contributed by atoms with E-state index in [1.807, 2.05) is 18.2 Å². The number of hydrogen-bond donors (Lipinski definition) is 1. The first-order valence-electron chi connectivity index (χ1n) is 6.85. The first-order valence-corrected chi connectivity index (χ1v) is 7.61. The molecule has 4 heteroatoms. The molecule has 1 aliphatic rings. The summed E-state index contributed by atoms with van der Waals surface area (Å²) in [5.74, 6) is 0. The summed E-state index contributed by atoms with van der Waals surface area (Å²) in [5.41, 5.74) is 1.16. The number of piperazine rings is 1. The third-order valence-electron chi connectivity index (χ3n) is 4.02. The van der Waals surface area contributed by atoms with Gasteiger partial charge in [0, 0.05) is 46.8 Å². The molecule has 1 fully saturated rings. The second-order valence-corrected chi connectivity index (χ2v) is 6.69. The molecule has 1 N–H and O–H groups in total. The van der Waals surface area contributed by atoms with Gasteiger partial charge in [-0.3, -0.25) is 4.90 Å². The average Bonchev–Trinajstić information content (AvgIpc) is 2.35. The van der Waals surface area contributed by atoms with E-state index in [2.05, 4.69) is 31.0 Å². The van der Waals surface area contributed by atoms with Crippen LogP contribution in [0.5, 0.6) is 0 Å². The smallest absolute Gasteiger partial charge is 0.0465 e. The fourth-order valence-electron chi connectivity index (χ4n) is 2.51. The minimum atomic E-state index is 0.119. The standard InChI is InChI=1S/C15H22Cl2N2/c1-4-11-8-19(15(2,3)10-18-11)9-12-13(16)6-5-7-14(12)17/h5-7,11,18H,4,8-10H2,1-3H3. The van der Waals surface area contributed by atoms with Crippen molar-refractivity contribution in [1.29, 1.82) is 0 Å². The fraction of sp³-hybridized carbons (Fsp3) is 0.600. The van der Waals surface area contributed by atoms with Crippen LogP contribution in [0.2, 0.25) is 10.0 Å². The van der Waals surface area contributed by atoms with Crippen molar-refractivity contribution in [3.05, 3.63) is 33.8 Å². The third kappa shape index (κ3) is 3.43. The van der Waals surface area contributed by atoms with Crippen molar-refractivity contribution in [3.8, 4) is 0 Å². The van der Waals surface area contributed by atoms with Crippen LogP contribution in [-0.4, -0.2) is 29.6 Å². The Bertz CT molecular complexity index is 426. The molecule has 1 aromatic rings. The summed E-state index contributed by atoms with van der Waals surface area (Å²) in [6.45, 7) is 9.58. The van der Waals surface area contributed by atoms with E-state index in [-0.39, 0.29) is 5.54 Å². The minimum absolute atomic E-state index is 0.119. The van der Waals surface area contributed by atoms with Gasteiger partial charge in [0.2, 0.25) is 0 Å². The first-order chi connectivity index (χ1) is 8.94. The highest BCUT2D eigenvalue weighted by Crippen LogP contribution is 2.29. The maximum atomic E-state index is 6.29. The fourth-order valence-corrected chi connectivity index (χ4v) is 3.03. The summed E-state index contributed by atoms with van der Waals surface area (Å²) < 4.78 is 0. The van der Waals surface area contributed by atoms with E-state index in [0.29, 0.717) is 6.04 Å². The Morgan fingerprint density at radius 2 is 1.95 bits per heavy atom. The van der Waals surface area contributed by atoms with Crippen LogP contribution in [0.15, 0.2) is 18.2 Å². The van der Waals surface area contributed by atoms with E-state index in [0.717, 1.165) is 41.7 Å². The Kier molecular flexibility index (Phi) is 4.78. The maximum absolute atomic E-state index is 6.29. The van der Waals surface area contributed by atoms with Crippen LogP contribution in [0.25, 0.3) is 0 Å². The number of rotatable bonds is 3. The third-order valence-corrected chi connectivity index (χ3v) is 4.73. The molecule has 0 aliphatic carbocycles. The highest BCUT2D eigenvalue weighted by molar-refractivity contribution is 6.35. The van der Waals surface area contributed by atoms with Gasteiger partial charge in [-0.2, -0.15) is 0 Å². The largest absolute Gasteiger partial charge is 0.311 e. The Hall–Kier alpha value is -0.280. The van der Waals surface area contributed by atoms with Crippen molar-refractivity contribution >= 4 is 23.2 Å². The number of nitrogens with one attached hydrogen (secondary N) is 1. The van der Waals surface area contributed by atoms with Crippen molar-refractivity contribution in [2.45, 2.75) is 45.3 Å². The predicted octanol–water partition coefficient (Wildman–Crippen LogP) is 3.96. The summed E-state index contributed by atoms with van der Waals surface area (Å²) in [5, 5.41) is 5.11. The lowest BCUT2D eigenvalue weighted by Crippen LogP contribution is -2.61. The normalized spacial score (nSPS) is 23.5. The quantitative estimate of drug-likeness (QED) is 0.909. The Morgan fingerprint density at radius 3 is 2.53 bits per heavy atom. The van der Waals surface area contributed by atoms with Crippen molar-refractivity contribution in [3.63, 3.8) is 0 Å². The van der Waals surface area contributed by atoms with Gasteiger partial charge < -0.3 is 5.32 Å². The maximum Gasteiger partial charge on any atom is 0.0465 e. The van der Waals surface area contributed by atoms with Crippen LogP contribution in [0, 0.1) is 0 Å². The topological polar surface area (TPSA) is 15.3 Å². The first kappa shape index (κ1) is 15.1. The lowest BCUT2D eigenvalue weighted by Gasteiger charge is -2.46. The summed E-state index contributed by atoms with van der Waals surface area (Å²) in [4.78, 5) is 2.48. The Labute approximate surface area is 126 Å². The molecule has 1 saturated heterocycles. The molecule has 0 aromatic heterocycles. The molecular formula is C15H22Cl2N2. The molecule has 106 valence electrons. The van der Waals surface area contributed by atoms with Gasteiger partial charge in [0.1, 0.15) is 0 Å². The molecule has 0 saturated carbocycles. The SMILES string of the molecule is CCC1CN(Cc2c(Cl)cccc2Cl)C(C)(C)CN1. The molecule has 0 spiro atoms. The zero-order valence-corrected chi connectivity index (χ0v) is 13.4. The second-order valence-electron chi connectivity index (χ2n) is 5.88. The monoisotopic (exact) mass is 300 g/mol. The van der Waals surface area contributed by atoms with E-state index >= 15 is 0 Å². The van der Waals surface area contributed by atoms with Crippen molar-refractivity contribution in [2.75, 3.05) is 13.1 Å². The van der Waals surface area contributed by atoms with Gasteiger partial charge in [0.25, 0.3) is 0 Å². The van der Waals surface area contributed by atoms with Crippen LogP contribution in [0.4, 0.5) is 0 Å². The number of benzene rings is 1. The van der Waals surface area contributed by atoms with Crippen LogP contribution in [0.1, 0.15) is 32.8 Å². The molecule has 2 rings (SSSR count). The molecule has 0 bridgehead atoms. The van der Waals surface area contributed by atoms with E-state index in [9.17, 15) is 0 Å². The van der Waals surface area contributed by atoms with Crippen LogP contribution in [0.3, 0.4) is 0 Å². The lowest BCUT2D eigenvalue weighted by molar-refractivity contribution is 0.0577. The van der Waals surface area contributed by atoms with Gasteiger partial charge in [-0.15, -0.1) is 0 Å². The Balaban J connectivity index is 2.20. The van der Waals surface area contributed by atoms with Crippen molar-refractivity contribution < 1.29 is 0 Å². The van der Waals surface area contributed by atoms with Crippen molar-refractivity contribution in [1.82, 2.24) is 10.2 Å². The summed E-state index contributed by atoms with van der Waals surface area (Å²) in [7, 11) is 0. The molecular weight excluding hydrogens is 279 g/mol. The minimum Gasteiger partial charge on any atom is -0.311 e. The number of hydrogen-bond acceptors (Lipinski definition) is 2. The highest BCUT2D eigenvalue weighted by atomic mass is 35.5. The van der Waals surface area contributed by atoms with Gasteiger partial charge in [-0.25, -0.2) is 0 Å². The number of halogens is 2. The van der Waals surface area contributed by atoms with E-state index in [1.165, 1.54) is 0 Å². The molecule has 1 heterocycles. The molecule has 1 aliphatic heterocycles. The van der Waals surface area contributed by atoms with Gasteiger partial charge in [-0.05, 0) is 32.4 Å². The van der Waals surface area contributed by atoms with Gasteiger partial charge in [0.05, 0.1) is 0 Å². The molecule has 1 aromatic carbocycles. The van der Waals surface area contributed by atoms with Crippen LogP contribution >= 0.6 is 23.2 Å². The zero-order chi connectivity index (χ0) is 14.0. The average molecular weight is 301 g/mol. The van der Waals surface area contributed by atoms with E-state index in [1.54, 1.807) is 0 Å². The summed E-state index contributed by atoms with van der Waals surface area (Å²) in [6.07, 6.45) is 1.14. The van der Waals surface area contributed by atoms with E-state index in [4.69, 9.17) is 23.2 Å². The molecule has 1 unspecified atom stereocenters. The zero-order valence-electron chi connectivity index (χ0n) is 11.8. The van der Waals surface area contributed by atoms with E-state index < -0.39 is 0 Å². The van der Waals surface area contributed by atoms with Crippen molar-refractivity contribution in [2.24, 2.45) is 0 Å². The van der Waals surface area contributed by atoms with Gasteiger partial charge in [0.15, 0.2) is 0 Å². The molecule has 0 amide bonds. The second kappa shape index (κ2) is 6.01. The molecule has 2 nitrogen and oxygen atoms in total. The lowest BCUT2D eigenvalue weighted by atomic mass is 9.95. The molecule has 0 radical (unpaired) electrons. The Morgan fingerprint density at radius 1 is 1.32 bits per heavy atom. The molecule has 19 heavy (non-hydrogen) atoms. The van der Waals surface area contributed by atoms with Gasteiger partial charge >= 0.3 is 0 Å². The predicted molar refractivity (Wildman–Crippen MR) is 83.0 cm³/mol. The molecule has 1 atom stereocenters. The summed E-state index contributed by atoms with van der Waals surface area (Å²) >= 11 is 12.6. The van der Waals surface area contributed by atoms with Gasteiger partial charge in [-0.1, -0.05) is 36.2 Å². The van der Waals surface area contributed by atoms with Crippen LogP contribution in [-0.2, 0) is 6.54 Å². The number of nitrogens with zero attached hydrogens (tertiary/aromatic N) is 1.